The fourth-order valence-electron chi connectivity index (χ4n) is 2.24. The average molecular weight is 343 g/mol. The Morgan fingerprint density at radius 2 is 2.21 bits per heavy atom. The maximum absolute atomic E-state index is 11.9. The number of ether oxygens (including phenoxy) is 1. The van der Waals surface area contributed by atoms with Crippen molar-refractivity contribution in [1.29, 1.82) is 0 Å². The fraction of sp³-hybridized carbons (Fsp3) is 0.125. The minimum absolute atomic E-state index is 0.125. The van der Waals surface area contributed by atoms with Crippen LogP contribution >= 0.6 is 11.3 Å². The summed E-state index contributed by atoms with van der Waals surface area (Å²) in [7, 11) is 0. The number of rotatable bonds is 4. The highest BCUT2D eigenvalue weighted by Gasteiger charge is 2.11. The molecular formula is C16H13N3O4S. The highest BCUT2D eigenvalue weighted by Crippen LogP contribution is 2.22. The summed E-state index contributed by atoms with van der Waals surface area (Å²) < 4.78 is 7.01. The van der Waals surface area contributed by atoms with Crippen LogP contribution in [-0.4, -0.2) is 20.3 Å². The number of nitrogens with zero attached hydrogens (tertiary/aromatic N) is 3. The first-order chi connectivity index (χ1) is 11.4. The molecule has 7 nitrogen and oxygen atoms in total. The highest BCUT2D eigenvalue weighted by molar-refractivity contribution is 7.17. The molecule has 24 heavy (non-hydrogen) atoms. The van der Waals surface area contributed by atoms with E-state index < -0.39 is 10.9 Å². The first kappa shape index (κ1) is 15.9. The van der Waals surface area contributed by atoms with Crippen molar-refractivity contribution < 1.29 is 14.5 Å². The topological polar surface area (TPSA) is 86.7 Å². The fourth-order valence-corrected chi connectivity index (χ4v) is 3.12. The number of imidazole rings is 1. The third kappa shape index (κ3) is 3.18. The van der Waals surface area contributed by atoms with Gasteiger partial charge in [0.05, 0.1) is 22.4 Å². The number of esters is 1. The number of hydrogen-bond acceptors (Lipinski definition) is 6. The molecule has 1 aromatic carbocycles. The number of thiazole rings is 1. The Bertz CT molecular complexity index is 971. The largest absolute Gasteiger partial charge is 0.423 e. The molecule has 0 fully saturated rings. The van der Waals surface area contributed by atoms with E-state index in [0.717, 1.165) is 21.2 Å². The molecule has 0 unspecified atom stereocenters. The van der Waals surface area contributed by atoms with Crippen LogP contribution in [0.4, 0.5) is 5.69 Å². The van der Waals surface area contributed by atoms with E-state index in [1.54, 1.807) is 17.4 Å². The van der Waals surface area contributed by atoms with E-state index in [0.29, 0.717) is 0 Å². The van der Waals surface area contributed by atoms with Gasteiger partial charge < -0.3 is 4.74 Å². The zero-order valence-electron chi connectivity index (χ0n) is 12.9. The van der Waals surface area contributed by atoms with E-state index >= 15 is 0 Å². The molecule has 0 saturated carbocycles. The van der Waals surface area contributed by atoms with Crippen LogP contribution in [0, 0.1) is 24.0 Å². The lowest BCUT2D eigenvalue weighted by Crippen LogP contribution is -2.04. The summed E-state index contributed by atoms with van der Waals surface area (Å²) in [4.78, 5) is 28.5. The molecule has 0 N–H and O–H groups in total. The Balaban J connectivity index is 1.78. The van der Waals surface area contributed by atoms with Crippen LogP contribution in [0.15, 0.2) is 36.5 Å². The molecule has 0 amide bonds. The van der Waals surface area contributed by atoms with Crippen molar-refractivity contribution >= 4 is 34.0 Å². The van der Waals surface area contributed by atoms with Crippen molar-refractivity contribution in [3.8, 4) is 5.75 Å². The van der Waals surface area contributed by atoms with Crippen LogP contribution in [0.25, 0.3) is 11.0 Å². The number of hydrogen-bond donors (Lipinski definition) is 0. The number of carbonyl (C=O) groups excluding carboxylic acids is 1. The molecule has 122 valence electrons. The molecule has 0 aliphatic heterocycles. The Hall–Kier alpha value is -3.00. The molecule has 3 rings (SSSR count). The van der Waals surface area contributed by atoms with Gasteiger partial charge in [0, 0.05) is 23.2 Å². The monoisotopic (exact) mass is 343 g/mol. The summed E-state index contributed by atoms with van der Waals surface area (Å²) in [6, 6.07) is 5.49. The van der Waals surface area contributed by atoms with Crippen molar-refractivity contribution in [2.45, 2.75) is 13.8 Å². The number of aromatic nitrogens is 2. The summed E-state index contributed by atoms with van der Waals surface area (Å²) in [5, 5.41) is 10.7. The second kappa shape index (κ2) is 6.25. The maximum Gasteiger partial charge on any atom is 0.336 e. The molecule has 0 spiro atoms. The predicted molar refractivity (Wildman–Crippen MR) is 90.3 cm³/mol. The Morgan fingerprint density at radius 1 is 1.42 bits per heavy atom. The van der Waals surface area contributed by atoms with E-state index in [1.165, 1.54) is 30.3 Å². The Morgan fingerprint density at radius 3 is 2.96 bits per heavy atom. The van der Waals surface area contributed by atoms with Gasteiger partial charge in [0.2, 0.25) is 0 Å². The highest BCUT2D eigenvalue weighted by atomic mass is 32.1. The number of fused-ring (bicyclic) bond motifs is 1. The molecule has 0 bridgehead atoms. The second-order valence-electron chi connectivity index (χ2n) is 5.09. The number of nitro groups is 1. The maximum atomic E-state index is 11.9. The number of benzene rings is 1. The quantitative estimate of drug-likeness (QED) is 0.238. The van der Waals surface area contributed by atoms with E-state index in [4.69, 9.17) is 4.74 Å². The lowest BCUT2D eigenvalue weighted by atomic mass is 10.3. The lowest BCUT2D eigenvalue weighted by Gasteiger charge is -2.00. The molecule has 8 heteroatoms. The van der Waals surface area contributed by atoms with Crippen molar-refractivity contribution in [3.63, 3.8) is 0 Å². The third-order valence-electron chi connectivity index (χ3n) is 3.29. The molecule has 2 heterocycles. The standard InChI is InChI=1S/C16H13N3O4S/c1-10-9-18-14(11(2)17-16(18)24-10)6-7-15(20)23-13-5-3-4-12(8-13)19(21)22/h3-9H,1-2H3/b7-6+. The lowest BCUT2D eigenvalue weighted by molar-refractivity contribution is -0.384. The molecule has 0 aliphatic carbocycles. The molecule has 0 atom stereocenters. The number of aryl methyl sites for hydroxylation is 2. The molecule has 0 radical (unpaired) electrons. The third-order valence-corrected chi connectivity index (χ3v) is 4.18. The van der Waals surface area contributed by atoms with Gasteiger partial charge in [0.15, 0.2) is 4.96 Å². The van der Waals surface area contributed by atoms with Gasteiger partial charge in [-0.2, -0.15) is 0 Å². The van der Waals surface area contributed by atoms with Gasteiger partial charge in [-0.15, -0.1) is 11.3 Å². The SMILES string of the molecule is Cc1cn2c(/C=C/C(=O)Oc3cccc([N+](=O)[O-])c3)c(C)nc2s1. The van der Waals surface area contributed by atoms with Gasteiger partial charge in [-0.05, 0) is 26.0 Å². The number of non-ortho nitro benzene ring substituents is 1. The van der Waals surface area contributed by atoms with Crippen LogP contribution in [0.3, 0.4) is 0 Å². The predicted octanol–water partition coefficient (Wildman–Crippen LogP) is 3.54. The summed E-state index contributed by atoms with van der Waals surface area (Å²) in [5.41, 5.74) is 1.47. The zero-order valence-corrected chi connectivity index (χ0v) is 13.7. The van der Waals surface area contributed by atoms with Gasteiger partial charge in [-0.1, -0.05) is 6.07 Å². The number of carbonyl (C=O) groups is 1. The molecule has 2 aromatic heterocycles. The summed E-state index contributed by atoms with van der Waals surface area (Å²) >= 11 is 1.57. The van der Waals surface area contributed by atoms with Crippen molar-refractivity contribution in [2.24, 2.45) is 0 Å². The van der Waals surface area contributed by atoms with Gasteiger partial charge >= 0.3 is 5.97 Å². The minimum Gasteiger partial charge on any atom is -0.423 e. The molecule has 3 aromatic rings. The van der Waals surface area contributed by atoms with Crippen LogP contribution in [0.5, 0.6) is 5.75 Å². The summed E-state index contributed by atoms with van der Waals surface area (Å²) in [6.45, 7) is 3.85. The molecule has 0 aliphatic rings. The van der Waals surface area contributed by atoms with Crippen molar-refractivity contribution in [3.05, 3.63) is 62.9 Å². The summed E-state index contributed by atoms with van der Waals surface area (Å²) in [5.74, 6) is -0.489. The smallest absolute Gasteiger partial charge is 0.336 e. The van der Waals surface area contributed by atoms with Crippen LogP contribution < -0.4 is 4.74 Å². The van der Waals surface area contributed by atoms with Crippen molar-refractivity contribution in [2.75, 3.05) is 0 Å². The molecule has 0 saturated heterocycles. The summed E-state index contributed by atoms with van der Waals surface area (Å²) in [6.07, 6.45) is 4.86. The van der Waals surface area contributed by atoms with Gasteiger partial charge in [0.1, 0.15) is 5.75 Å². The Kier molecular flexibility index (Phi) is 4.13. The van der Waals surface area contributed by atoms with Crippen LogP contribution in [0.1, 0.15) is 16.3 Å². The average Bonchev–Trinajstić information content (AvgIpc) is 3.00. The minimum atomic E-state index is -0.614. The first-order valence-electron chi connectivity index (χ1n) is 7.03. The van der Waals surface area contributed by atoms with E-state index in [9.17, 15) is 14.9 Å². The van der Waals surface area contributed by atoms with E-state index in [2.05, 4.69) is 4.98 Å². The van der Waals surface area contributed by atoms with Gasteiger partial charge in [-0.25, -0.2) is 9.78 Å². The Labute approximate surface area is 141 Å². The van der Waals surface area contributed by atoms with Gasteiger partial charge in [-0.3, -0.25) is 14.5 Å². The molecular weight excluding hydrogens is 330 g/mol. The van der Waals surface area contributed by atoms with E-state index in [1.807, 2.05) is 24.4 Å². The van der Waals surface area contributed by atoms with E-state index in [-0.39, 0.29) is 11.4 Å². The zero-order chi connectivity index (χ0) is 17.3. The van der Waals surface area contributed by atoms with Crippen LogP contribution in [-0.2, 0) is 4.79 Å². The number of nitro benzene ring substituents is 1. The van der Waals surface area contributed by atoms with Crippen molar-refractivity contribution in [1.82, 2.24) is 9.38 Å². The normalized spacial score (nSPS) is 11.2. The second-order valence-corrected chi connectivity index (χ2v) is 6.30. The van der Waals surface area contributed by atoms with Crippen LogP contribution in [0.2, 0.25) is 0 Å². The van der Waals surface area contributed by atoms with Gasteiger partial charge in [0.25, 0.3) is 5.69 Å². The first-order valence-corrected chi connectivity index (χ1v) is 7.85.